The predicted molar refractivity (Wildman–Crippen MR) is 97.9 cm³/mol. The molecule has 0 atom stereocenters. The zero-order valence-electron chi connectivity index (χ0n) is 14.2. The molecule has 0 bridgehead atoms. The van der Waals surface area contributed by atoms with Gasteiger partial charge in [0, 0.05) is 50.7 Å². The molecule has 4 heterocycles. The summed E-state index contributed by atoms with van der Waals surface area (Å²) in [5.74, 6) is 0.696. The van der Waals surface area contributed by atoms with E-state index in [1.54, 1.807) is 37.8 Å². The van der Waals surface area contributed by atoms with E-state index < -0.39 is 0 Å². The second-order valence-corrected chi connectivity index (χ2v) is 6.32. The molecule has 1 saturated heterocycles. The highest BCUT2D eigenvalue weighted by molar-refractivity contribution is 6.29. The van der Waals surface area contributed by atoms with Gasteiger partial charge in [0.15, 0.2) is 10.8 Å². The fourth-order valence-corrected chi connectivity index (χ4v) is 3.36. The molecule has 1 fully saturated rings. The van der Waals surface area contributed by atoms with Crippen molar-refractivity contribution in [1.82, 2.24) is 14.9 Å². The highest BCUT2D eigenvalue weighted by Crippen LogP contribution is 2.28. The number of hydrogen-bond acceptors (Lipinski definition) is 6. The van der Waals surface area contributed by atoms with E-state index in [0.29, 0.717) is 42.8 Å². The Labute approximate surface area is 155 Å². The largest absolute Gasteiger partial charge is 0.494 e. The Bertz CT molecular complexity index is 951. The fourth-order valence-electron chi connectivity index (χ4n) is 3.18. The van der Waals surface area contributed by atoms with E-state index in [1.807, 2.05) is 11.0 Å². The lowest BCUT2D eigenvalue weighted by molar-refractivity contribution is 0.0747. The van der Waals surface area contributed by atoms with Gasteiger partial charge in [0.25, 0.3) is 5.91 Å². The maximum Gasteiger partial charge on any atom is 0.257 e. The zero-order chi connectivity index (χ0) is 18.1. The predicted octanol–water partition coefficient (Wildman–Crippen LogP) is 2.85. The third-order valence-electron chi connectivity index (χ3n) is 4.50. The maximum atomic E-state index is 12.9. The van der Waals surface area contributed by atoms with Gasteiger partial charge in [-0.25, -0.2) is 0 Å². The van der Waals surface area contributed by atoms with Crippen molar-refractivity contribution in [2.75, 3.05) is 38.2 Å². The Hall–Kier alpha value is -2.80. The number of halogens is 1. The summed E-state index contributed by atoms with van der Waals surface area (Å²) in [6.45, 7) is 2.58. The van der Waals surface area contributed by atoms with Crippen molar-refractivity contribution in [2.45, 2.75) is 0 Å². The van der Waals surface area contributed by atoms with Crippen LogP contribution in [0.2, 0.25) is 5.22 Å². The molecule has 1 aliphatic heterocycles. The standard InChI is InChI=1S/C18H17ClN4O3/c1-25-15-3-4-20-11-14(15)22-6-8-23(9-7-22)18(24)12-2-5-21-13-10-16(19)26-17(12)13/h2-5,10-11H,6-9H2,1H3. The number of hydrogen-bond donors (Lipinski definition) is 0. The van der Waals surface area contributed by atoms with Crippen molar-refractivity contribution in [3.8, 4) is 5.75 Å². The first-order valence-corrected chi connectivity index (χ1v) is 8.61. The van der Waals surface area contributed by atoms with E-state index in [1.165, 1.54) is 0 Å². The highest BCUT2D eigenvalue weighted by Gasteiger charge is 2.26. The Morgan fingerprint density at radius 3 is 2.81 bits per heavy atom. The molecule has 0 saturated carbocycles. The number of methoxy groups -OCH3 is 1. The van der Waals surface area contributed by atoms with Crippen LogP contribution < -0.4 is 9.64 Å². The Kier molecular flexibility index (Phi) is 4.38. The van der Waals surface area contributed by atoms with Gasteiger partial charge in [0.2, 0.25) is 0 Å². The molecule has 8 heteroatoms. The summed E-state index contributed by atoms with van der Waals surface area (Å²) in [5.41, 5.74) is 2.43. The van der Waals surface area contributed by atoms with Crippen LogP contribution in [0.25, 0.3) is 11.1 Å². The number of carbonyl (C=O) groups is 1. The monoisotopic (exact) mass is 372 g/mol. The molecule has 3 aromatic rings. The van der Waals surface area contributed by atoms with Crippen LogP contribution in [0, 0.1) is 0 Å². The van der Waals surface area contributed by atoms with Crippen molar-refractivity contribution >= 4 is 34.3 Å². The van der Waals surface area contributed by atoms with Gasteiger partial charge in [-0.3, -0.25) is 14.8 Å². The Balaban J connectivity index is 1.51. The van der Waals surface area contributed by atoms with E-state index in [9.17, 15) is 4.79 Å². The van der Waals surface area contributed by atoms with Gasteiger partial charge in [-0.05, 0) is 17.7 Å². The van der Waals surface area contributed by atoms with E-state index in [0.717, 1.165) is 11.4 Å². The number of rotatable bonds is 3. The minimum absolute atomic E-state index is 0.0822. The van der Waals surface area contributed by atoms with Crippen LogP contribution in [0.1, 0.15) is 10.4 Å². The molecule has 0 aromatic carbocycles. The van der Waals surface area contributed by atoms with Gasteiger partial charge in [-0.2, -0.15) is 0 Å². The average Bonchev–Trinajstić information content (AvgIpc) is 3.07. The van der Waals surface area contributed by atoms with Crippen LogP contribution >= 0.6 is 11.6 Å². The van der Waals surface area contributed by atoms with Gasteiger partial charge in [-0.1, -0.05) is 0 Å². The van der Waals surface area contributed by atoms with Gasteiger partial charge in [0.1, 0.15) is 11.3 Å². The van der Waals surface area contributed by atoms with Gasteiger partial charge in [-0.15, -0.1) is 0 Å². The topological polar surface area (TPSA) is 71.7 Å². The van der Waals surface area contributed by atoms with Crippen LogP contribution in [0.5, 0.6) is 5.75 Å². The summed E-state index contributed by atoms with van der Waals surface area (Å²) in [5, 5.41) is 0.223. The quantitative estimate of drug-likeness (QED) is 0.704. The number of ether oxygens (including phenoxy) is 1. The molecule has 1 amide bonds. The molecule has 26 heavy (non-hydrogen) atoms. The van der Waals surface area contributed by atoms with E-state index in [2.05, 4.69) is 14.9 Å². The Morgan fingerprint density at radius 2 is 2.04 bits per heavy atom. The summed E-state index contributed by atoms with van der Waals surface area (Å²) >= 11 is 5.91. The number of pyridine rings is 2. The summed E-state index contributed by atoms with van der Waals surface area (Å²) < 4.78 is 10.9. The molecule has 0 N–H and O–H groups in total. The van der Waals surface area contributed by atoms with Crippen LogP contribution in [-0.2, 0) is 0 Å². The molecule has 1 aliphatic rings. The number of aromatic nitrogens is 2. The van der Waals surface area contributed by atoms with Crippen molar-refractivity contribution in [1.29, 1.82) is 0 Å². The lowest BCUT2D eigenvalue weighted by Gasteiger charge is -2.36. The molecule has 7 nitrogen and oxygen atoms in total. The average molecular weight is 373 g/mol. The summed E-state index contributed by atoms with van der Waals surface area (Å²) in [6.07, 6.45) is 5.08. The zero-order valence-corrected chi connectivity index (χ0v) is 14.9. The first-order valence-electron chi connectivity index (χ1n) is 8.23. The molecule has 4 rings (SSSR count). The van der Waals surface area contributed by atoms with Gasteiger partial charge in [0.05, 0.1) is 24.6 Å². The molecule has 0 radical (unpaired) electrons. The summed E-state index contributed by atoms with van der Waals surface area (Å²) in [4.78, 5) is 25.3. The fraction of sp³-hybridized carbons (Fsp3) is 0.278. The van der Waals surface area contributed by atoms with Crippen LogP contribution in [-0.4, -0.2) is 54.1 Å². The number of anilines is 1. The summed E-state index contributed by atoms with van der Waals surface area (Å²) in [7, 11) is 1.64. The SMILES string of the molecule is COc1ccncc1N1CCN(C(=O)c2ccnc3cc(Cl)oc23)CC1. The van der Waals surface area contributed by atoms with Crippen molar-refractivity contribution < 1.29 is 13.9 Å². The van der Waals surface area contributed by atoms with Crippen molar-refractivity contribution in [3.05, 3.63) is 47.6 Å². The van der Waals surface area contributed by atoms with Crippen molar-refractivity contribution in [2.24, 2.45) is 0 Å². The lowest BCUT2D eigenvalue weighted by atomic mass is 10.2. The van der Waals surface area contributed by atoms with Crippen LogP contribution in [0.15, 0.2) is 41.2 Å². The van der Waals surface area contributed by atoms with Gasteiger partial charge >= 0.3 is 0 Å². The van der Waals surface area contributed by atoms with Crippen molar-refractivity contribution in [3.63, 3.8) is 0 Å². The molecule has 0 spiro atoms. The number of carbonyl (C=O) groups excluding carboxylic acids is 1. The normalized spacial score (nSPS) is 14.7. The molecule has 134 valence electrons. The smallest absolute Gasteiger partial charge is 0.257 e. The van der Waals surface area contributed by atoms with Gasteiger partial charge < -0.3 is 19.0 Å². The first-order chi connectivity index (χ1) is 12.7. The highest BCUT2D eigenvalue weighted by atomic mass is 35.5. The number of piperazine rings is 1. The molecular formula is C18H17ClN4O3. The number of nitrogens with zero attached hydrogens (tertiary/aromatic N) is 4. The molecule has 3 aromatic heterocycles. The molecular weight excluding hydrogens is 356 g/mol. The number of furan rings is 1. The third-order valence-corrected chi connectivity index (χ3v) is 4.69. The van der Waals surface area contributed by atoms with E-state index >= 15 is 0 Å². The minimum Gasteiger partial charge on any atom is -0.494 e. The van der Waals surface area contributed by atoms with Crippen LogP contribution in [0.3, 0.4) is 0 Å². The number of amides is 1. The second kappa shape index (κ2) is 6.84. The van der Waals surface area contributed by atoms with E-state index in [-0.39, 0.29) is 11.1 Å². The van der Waals surface area contributed by atoms with Crippen LogP contribution in [0.4, 0.5) is 5.69 Å². The summed E-state index contributed by atoms with van der Waals surface area (Å²) in [6, 6.07) is 5.11. The van der Waals surface area contributed by atoms with E-state index in [4.69, 9.17) is 20.8 Å². The second-order valence-electron chi connectivity index (χ2n) is 5.95. The minimum atomic E-state index is -0.0822. The molecule has 0 unspecified atom stereocenters. The maximum absolute atomic E-state index is 12.9. The molecule has 0 aliphatic carbocycles. The third kappa shape index (κ3) is 2.94. The number of fused-ring (bicyclic) bond motifs is 1. The Morgan fingerprint density at radius 1 is 1.23 bits per heavy atom. The first kappa shape index (κ1) is 16.7. The lowest BCUT2D eigenvalue weighted by Crippen LogP contribution is -2.49.